The SMILES string of the molecule is O=C(O)c1ccc(OCCCN2CC3CCC2C3)cc1. The Morgan fingerprint density at radius 2 is 2.10 bits per heavy atom. The molecule has 0 aromatic heterocycles. The van der Waals surface area contributed by atoms with Gasteiger partial charge in [0.05, 0.1) is 12.2 Å². The smallest absolute Gasteiger partial charge is 0.335 e. The van der Waals surface area contributed by atoms with Crippen LogP contribution in [-0.4, -0.2) is 41.7 Å². The van der Waals surface area contributed by atoms with Crippen LogP contribution in [0.2, 0.25) is 0 Å². The van der Waals surface area contributed by atoms with Gasteiger partial charge in [0.1, 0.15) is 5.75 Å². The first-order valence-electron chi connectivity index (χ1n) is 7.42. The third-order valence-electron chi connectivity index (χ3n) is 4.48. The summed E-state index contributed by atoms with van der Waals surface area (Å²) in [6.45, 7) is 3.09. The van der Waals surface area contributed by atoms with E-state index in [9.17, 15) is 4.79 Å². The number of carbonyl (C=O) groups is 1. The zero-order valence-corrected chi connectivity index (χ0v) is 11.6. The Kier molecular flexibility index (Phi) is 3.92. The molecule has 0 amide bonds. The molecule has 1 aromatic carbocycles. The lowest BCUT2D eigenvalue weighted by molar-refractivity contribution is 0.0697. The van der Waals surface area contributed by atoms with Gasteiger partial charge in [-0.2, -0.15) is 0 Å². The van der Waals surface area contributed by atoms with Crippen LogP contribution in [-0.2, 0) is 0 Å². The molecular weight excluding hydrogens is 254 g/mol. The van der Waals surface area contributed by atoms with Gasteiger partial charge < -0.3 is 9.84 Å². The molecule has 20 heavy (non-hydrogen) atoms. The van der Waals surface area contributed by atoms with E-state index < -0.39 is 5.97 Å². The molecule has 0 spiro atoms. The number of hydrogen-bond donors (Lipinski definition) is 1. The van der Waals surface area contributed by atoms with Gasteiger partial charge in [-0.05, 0) is 55.9 Å². The minimum atomic E-state index is -0.902. The average Bonchev–Trinajstić information content (AvgIpc) is 3.06. The number of ether oxygens (including phenoxy) is 1. The van der Waals surface area contributed by atoms with Crippen molar-refractivity contribution >= 4 is 5.97 Å². The number of fused-ring (bicyclic) bond motifs is 2. The Balaban J connectivity index is 1.38. The van der Waals surface area contributed by atoms with E-state index in [0.29, 0.717) is 12.2 Å². The highest BCUT2D eigenvalue weighted by Crippen LogP contribution is 2.37. The number of benzene rings is 1. The second-order valence-electron chi connectivity index (χ2n) is 5.86. The van der Waals surface area contributed by atoms with Crippen LogP contribution >= 0.6 is 0 Å². The van der Waals surface area contributed by atoms with E-state index in [-0.39, 0.29) is 0 Å². The van der Waals surface area contributed by atoms with Crippen molar-refractivity contribution in [1.82, 2.24) is 4.90 Å². The maximum absolute atomic E-state index is 10.7. The fourth-order valence-corrected chi connectivity index (χ4v) is 3.45. The first-order valence-corrected chi connectivity index (χ1v) is 7.42. The number of piperidine rings is 1. The highest BCUT2D eigenvalue weighted by Gasteiger charge is 2.36. The molecule has 2 fully saturated rings. The molecule has 1 aliphatic carbocycles. The van der Waals surface area contributed by atoms with Crippen molar-refractivity contribution in [2.24, 2.45) is 5.92 Å². The summed E-state index contributed by atoms with van der Waals surface area (Å²) in [5.41, 5.74) is 0.297. The predicted octanol–water partition coefficient (Wildman–Crippen LogP) is 2.64. The summed E-state index contributed by atoms with van der Waals surface area (Å²) < 4.78 is 5.66. The summed E-state index contributed by atoms with van der Waals surface area (Å²) in [6, 6.07) is 7.44. The van der Waals surface area contributed by atoms with E-state index in [0.717, 1.165) is 30.7 Å². The van der Waals surface area contributed by atoms with Crippen LogP contribution < -0.4 is 4.74 Å². The van der Waals surface area contributed by atoms with Crippen LogP contribution in [0.15, 0.2) is 24.3 Å². The van der Waals surface area contributed by atoms with Gasteiger partial charge in [0.25, 0.3) is 0 Å². The van der Waals surface area contributed by atoms with E-state index in [1.807, 2.05) is 0 Å². The van der Waals surface area contributed by atoms with Gasteiger partial charge in [-0.3, -0.25) is 4.90 Å². The van der Waals surface area contributed by atoms with Crippen LogP contribution in [0.3, 0.4) is 0 Å². The number of aromatic carboxylic acids is 1. The summed E-state index contributed by atoms with van der Waals surface area (Å²) in [4.78, 5) is 13.3. The van der Waals surface area contributed by atoms with Gasteiger partial charge in [0, 0.05) is 19.1 Å². The summed E-state index contributed by atoms with van der Waals surface area (Å²) >= 11 is 0. The summed E-state index contributed by atoms with van der Waals surface area (Å²) in [7, 11) is 0. The van der Waals surface area contributed by atoms with Crippen molar-refractivity contribution in [3.63, 3.8) is 0 Å². The Morgan fingerprint density at radius 3 is 2.70 bits per heavy atom. The van der Waals surface area contributed by atoms with Crippen LogP contribution in [0.4, 0.5) is 0 Å². The molecule has 1 N–H and O–H groups in total. The number of rotatable bonds is 6. The molecule has 2 unspecified atom stereocenters. The van der Waals surface area contributed by atoms with E-state index >= 15 is 0 Å². The molecule has 2 aliphatic rings. The Labute approximate surface area is 119 Å². The first-order chi connectivity index (χ1) is 9.72. The molecule has 2 atom stereocenters. The van der Waals surface area contributed by atoms with E-state index in [4.69, 9.17) is 9.84 Å². The molecule has 2 bridgehead atoms. The highest BCUT2D eigenvalue weighted by atomic mass is 16.5. The Hall–Kier alpha value is -1.55. The van der Waals surface area contributed by atoms with Crippen molar-refractivity contribution in [3.8, 4) is 5.75 Å². The fourth-order valence-electron chi connectivity index (χ4n) is 3.45. The molecule has 1 saturated carbocycles. The summed E-state index contributed by atoms with van der Waals surface area (Å²) in [6.07, 6.45) is 5.23. The molecule has 4 nitrogen and oxygen atoms in total. The summed E-state index contributed by atoms with van der Waals surface area (Å²) in [5.74, 6) is 0.795. The molecule has 1 aromatic rings. The van der Waals surface area contributed by atoms with Crippen LogP contribution in [0, 0.1) is 5.92 Å². The molecule has 3 rings (SSSR count). The number of carboxylic acids is 1. The predicted molar refractivity (Wildman–Crippen MR) is 76.2 cm³/mol. The molecule has 1 saturated heterocycles. The monoisotopic (exact) mass is 275 g/mol. The second kappa shape index (κ2) is 5.83. The van der Waals surface area contributed by atoms with E-state index in [1.54, 1.807) is 24.3 Å². The number of nitrogens with zero attached hydrogens (tertiary/aromatic N) is 1. The standard InChI is InChI=1S/C16H21NO3/c18-16(19)13-3-6-15(7-4-13)20-9-1-8-17-11-12-2-5-14(17)10-12/h3-4,6-7,12,14H,1-2,5,8-11H2,(H,18,19). The van der Waals surface area contributed by atoms with Gasteiger partial charge >= 0.3 is 5.97 Å². The van der Waals surface area contributed by atoms with Gasteiger partial charge in [-0.1, -0.05) is 0 Å². The van der Waals surface area contributed by atoms with Crippen molar-refractivity contribution < 1.29 is 14.6 Å². The number of carboxylic acid groups (broad SMARTS) is 1. The highest BCUT2D eigenvalue weighted by molar-refractivity contribution is 5.87. The van der Waals surface area contributed by atoms with Crippen LogP contribution in [0.25, 0.3) is 0 Å². The molecule has 108 valence electrons. The fraction of sp³-hybridized carbons (Fsp3) is 0.562. The minimum absolute atomic E-state index is 0.297. The molecule has 0 radical (unpaired) electrons. The van der Waals surface area contributed by atoms with Gasteiger partial charge in [0.15, 0.2) is 0 Å². The van der Waals surface area contributed by atoms with Crippen molar-refractivity contribution in [2.45, 2.75) is 31.7 Å². The third kappa shape index (κ3) is 2.96. The minimum Gasteiger partial charge on any atom is -0.494 e. The normalized spacial score (nSPS) is 25.0. The van der Waals surface area contributed by atoms with E-state index in [1.165, 1.54) is 25.8 Å². The largest absolute Gasteiger partial charge is 0.494 e. The molecule has 4 heteroatoms. The molecule has 1 heterocycles. The number of hydrogen-bond acceptors (Lipinski definition) is 3. The van der Waals surface area contributed by atoms with Gasteiger partial charge in [0.2, 0.25) is 0 Å². The van der Waals surface area contributed by atoms with Crippen molar-refractivity contribution in [3.05, 3.63) is 29.8 Å². The molecule has 1 aliphatic heterocycles. The summed E-state index contributed by atoms with van der Waals surface area (Å²) in [5, 5.41) is 8.82. The zero-order chi connectivity index (χ0) is 13.9. The Bertz CT molecular complexity index is 471. The van der Waals surface area contributed by atoms with Crippen LogP contribution in [0.5, 0.6) is 5.75 Å². The third-order valence-corrected chi connectivity index (χ3v) is 4.48. The molecular formula is C16H21NO3. The first kappa shape index (κ1) is 13.4. The Morgan fingerprint density at radius 1 is 1.30 bits per heavy atom. The number of likely N-dealkylation sites (tertiary alicyclic amines) is 1. The van der Waals surface area contributed by atoms with Crippen LogP contribution in [0.1, 0.15) is 36.0 Å². The van der Waals surface area contributed by atoms with Crippen molar-refractivity contribution in [2.75, 3.05) is 19.7 Å². The van der Waals surface area contributed by atoms with Gasteiger partial charge in [-0.25, -0.2) is 4.79 Å². The lowest BCUT2D eigenvalue weighted by Crippen LogP contribution is -2.33. The van der Waals surface area contributed by atoms with Crippen molar-refractivity contribution in [1.29, 1.82) is 0 Å². The maximum atomic E-state index is 10.7. The lowest BCUT2D eigenvalue weighted by Gasteiger charge is -2.26. The van der Waals surface area contributed by atoms with E-state index in [2.05, 4.69) is 4.90 Å². The maximum Gasteiger partial charge on any atom is 0.335 e. The van der Waals surface area contributed by atoms with Gasteiger partial charge in [-0.15, -0.1) is 0 Å². The quantitative estimate of drug-likeness (QED) is 0.811. The lowest BCUT2D eigenvalue weighted by atomic mass is 10.1. The zero-order valence-electron chi connectivity index (χ0n) is 11.6. The second-order valence-corrected chi connectivity index (χ2v) is 5.86. The topological polar surface area (TPSA) is 49.8 Å². The average molecular weight is 275 g/mol.